The standard InChI is InChI=1S/C12H12BrN3S2/c1-7-15-5-9(18-7)6-16-11-3-2-8(13)4-10(11)12(14)17/h2-5,16H,6H2,1H3,(H2,14,17). The van der Waals surface area contributed by atoms with Crippen LogP contribution < -0.4 is 11.1 Å². The van der Waals surface area contributed by atoms with E-state index in [2.05, 4.69) is 26.2 Å². The van der Waals surface area contributed by atoms with Crippen molar-refractivity contribution in [1.29, 1.82) is 0 Å². The van der Waals surface area contributed by atoms with E-state index in [0.717, 1.165) is 27.3 Å². The lowest BCUT2D eigenvalue weighted by molar-refractivity contribution is 1.16. The minimum absolute atomic E-state index is 0.388. The molecule has 0 aliphatic heterocycles. The van der Waals surface area contributed by atoms with E-state index in [1.807, 2.05) is 31.3 Å². The highest BCUT2D eigenvalue weighted by molar-refractivity contribution is 9.10. The summed E-state index contributed by atoms with van der Waals surface area (Å²) in [7, 11) is 0. The van der Waals surface area contributed by atoms with Crippen molar-refractivity contribution < 1.29 is 0 Å². The van der Waals surface area contributed by atoms with Gasteiger partial charge in [-0.1, -0.05) is 28.1 Å². The first-order valence-corrected chi connectivity index (χ1v) is 7.32. The largest absolute Gasteiger partial charge is 0.389 e. The lowest BCUT2D eigenvalue weighted by atomic mass is 10.2. The van der Waals surface area contributed by atoms with Gasteiger partial charge in [0, 0.05) is 26.8 Å². The van der Waals surface area contributed by atoms with E-state index >= 15 is 0 Å². The van der Waals surface area contributed by atoms with Gasteiger partial charge in [-0.3, -0.25) is 0 Å². The molecule has 0 amide bonds. The Hall–Kier alpha value is -0.980. The molecule has 1 heterocycles. The first-order chi connectivity index (χ1) is 8.56. The van der Waals surface area contributed by atoms with E-state index in [0.29, 0.717) is 4.99 Å². The van der Waals surface area contributed by atoms with E-state index in [4.69, 9.17) is 18.0 Å². The van der Waals surface area contributed by atoms with Crippen LogP contribution in [0.3, 0.4) is 0 Å². The van der Waals surface area contributed by atoms with Gasteiger partial charge in [-0.25, -0.2) is 4.98 Å². The van der Waals surface area contributed by atoms with Crippen molar-refractivity contribution in [3.05, 3.63) is 44.3 Å². The average Bonchev–Trinajstić information content (AvgIpc) is 2.73. The quantitative estimate of drug-likeness (QED) is 0.836. The molecule has 3 N–H and O–H groups in total. The summed E-state index contributed by atoms with van der Waals surface area (Å²) >= 11 is 10.1. The minimum atomic E-state index is 0.388. The van der Waals surface area contributed by atoms with Crippen LogP contribution in [0.2, 0.25) is 0 Å². The van der Waals surface area contributed by atoms with Crippen LogP contribution in [0.1, 0.15) is 15.4 Å². The molecule has 1 aromatic heterocycles. The maximum Gasteiger partial charge on any atom is 0.106 e. The zero-order chi connectivity index (χ0) is 13.1. The number of aromatic nitrogens is 1. The second-order valence-corrected chi connectivity index (χ2v) is 6.43. The SMILES string of the molecule is Cc1ncc(CNc2ccc(Br)cc2C(N)=S)s1. The summed E-state index contributed by atoms with van der Waals surface area (Å²) in [6, 6.07) is 5.84. The molecule has 3 nitrogen and oxygen atoms in total. The van der Waals surface area contributed by atoms with Crippen molar-refractivity contribution in [2.24, 2.45) is 5.73 Å². The summed E-state index contributed by atoms with van der Waals surface area (Å²) in [4.78, 5) is 5.79. The van der Waals surface area contributed by atoms with Crippen molar-refractivity contribution in [2.45, 2.75) is 13.5 Å². The lowest BCUT2D eigenvalue weighted by Crippen LogP contribution is -2.13. The van der Waals surface area contributed by atoms with E-state index < -0.39 is 0 Å². The highest BCUT2D eigenvalue weighted by Crippen LogP contribution is 2.22. The molecule has 0 radical (unpaired) electrons. The van der Waals surface area contributed by atoms with Crippen LogP contribution in [0.5, 0.6) is 0 Å². The molecular weight excluding hydrogens is 330 g/mol. The molecule has 2 rings (SSSR count). The van der Waals surface area contributed by atoms with Crippen molar-refractivity contribution >= 4 is 50.2 Å². The van der Waals surface area contributed by atoms with Crippen LogP contribution in [0.25, 0.3) is 0 Å². The number of hydrogen-bond acceptors (Lipinski definition) is 4. The maximum atomic E-state index is 5.72. The Morgan fingerprint density at radius 2 is 2.33 bits per heavy atom. The van der Waals surface area contributed by atoms with E-state index in [1.165, 1.54) is 4.88 Å². The maximum absolute atomic E-state index is 5.72. The van der Waals surface area contributed by atoms with Gasteiger partial charge in [-0.2, -0.15) is 0 Å². The number of rotatable bonds is 4. The fraction of sp³-hybridized carbons (Fsp3) is 0.167. The van der Waals surface area contributed by atoms with Crippen LogP contribution >= 0.6 is 39.5 Å². The zero-order valence-electron chi connectivity index (χ0n) is 9.74. The normalized spacial score (nSPS) is 10.3. The number of anilines is 1. The third-order valence-corrected chi connectivity index (χ3v) is 4.00. The average molecular weight is 342 g/mol. The number of thiazole rings is 1. The number of halogens is 1. The molecule has 0 unspecified atom stereocenters. The molecule has 0 atom stereocenters. The van der Waals surface area contributed by atoms with Crippen LogP contribution in [-0.2, 0) is 6.54 Å². The van der Waals surface area contributed by atoms with Crippen molar-refractivity contribution in [3.8, 4) is 0 Å². The van der Waals surface area contributed by atoms with Gasteiger partial charge in [0.1, 0.15) is 4.99 Å². The molecule has 0 aliphatic rings. The highest BCUT2D eigenvalue weighted by atomic mass is 79.9. The minimum Gasteiger partial charge on any atom is -0.389 e. The van der Waals surface area contributed by atoms with Crippen molar-refractivity contribution in [3.63, 3.8) is 0 Å². The Labute approximate surface area is 124 Å². The van der Waals surface area contributed by atoms with Crippen molar-refractivity contribution in [1.82, 2.24) is 4.98 Å². The molecule has 0 spiro atoms. The molecule has 1 aromatic carbocycles. The first kappa shape index (κ1) is 13.5. The molecule has 18 heavy (non-hydrogen) atoms. The predicted molar refractivity (Wildman–Crippen MR) is 84.2 cm³/mol. The smallest absolute Gasteiger partial charge is 0.106 e. The van der Waals surface area contributed by atoms with Gasteiger partial charge >= 0.3 is 0 Å². The predicted octanol–water partition coefficient (Wildman–Crippen LogP) is 3.46. The molecule has 94 valence electrons. The van der Waals surface area contributed by atoms with Gasteiger partial charge in [0.05, 0.1) is 11.6 Å². The molecular formula is C12H12BrN3S2. The lowest BCUT2D eigenvalue weighted by Gasteiger charge is -2.10. The van der Waals surface area contributed by atoms with Gasteiger partial charge in [0.15, 0.2) is 0 Å². The monoisotopic (exact) mass is 341 g/mol. The Morgan fingerprint density at radius 3 is 2.94 bits per heavy atom. The summed E-state index contributed by atoms with van der Waals surface area (Å²) in [5.74, 6) is 0. The van der Waals surface area contributed by atoms with Crippen LogP contribution in [0.15, 0.2) is 28.9 Å². The fourth-order valence-corrected chi connectivity index (χ4v) is 2.81. The van der Waals surface area contributed by atoms with Gasteiger partial charge in [-0.15, -0.1) is 11.3 Å². The first-order valence-electron chi connectivity index (χ1n) is 5.31. The summed E-state index contributed by atoms with van der Waals surface area (Å²) in [5.41, 5.74) is 7.51. The molecule has 2 aromatic rings. The van der Waals surface area contributed by atoms with Crippen LogP contribution in [-0.4, -0.2) is 9.97 Å². The number of aryl methyl sites for hydroxylation is 1. The van der Waals surface area contributed by atoms with Gasteiger partial charge in [-0.05, 0) is 25.1 Å². The van der Waals surface area contributed by atoms with Gasteiger partial charge < -0.3 is 11.1 Å². The molecule has 0 saturated heterocycles. The summed E-state index contributed by atoms with van der Waals surface area (Å²) < 4.78 is 0.962. The number of nitrogens with two attached hydrogens (primary N) is 1. The summed E-state index contributed by atoms with van der Waals surface area (Å²) in [6.45, 7) is 2.72. The number of nitrogens with one attached hydrogen (secondary N) is 1. The van der Waals surface area contributed by atoms with E-state index in [9.17, 15) is 0 Å². The topological polar surface area (TPSA) is 50.9 Å². The summed E-state index contributed by atoms with van der Waals surface area (Å²) in [6.07, 6.45) is 1.88. The highest BCUT2D eigenvalue weighted by Gasteiger charge is 2.06. The Kier molecular flexibility index (Phi) is 4.31. The van der Waals surface area contributed by atoms with Gasteiger partial charge in [0.2, 0.25) is 0 Å². The molecule has 0 saturated carbocycles. The summed E-state index contributed by atoms with van der Waals surface area (Å²) in [5, 5.41) is 4.40. The third kappa shape index (κ3) is 3.28. The molecule has 6 heteroatoms. The van der Waals surface area contributed by atoms with E-state index in [1.54, 1.807) is 11.3 Å². The fourth-order valence-electron chi connectivity index (χ4n) is 1.54. The Bertz CT molecular complexity index is 580. The number of benzene rings is 1. The molecule has 0 bridgehead atoms. The van der Waals surface area contributed by atoms with E-state index in [-0.39, 0.29) is 0 Å². The molecule has 0 aliphatic carbocycles. The van der Waals surface area contributed by atoms with Gasteiger partial charge in [0.25, 0.3) is 0 Å². The van der Waals surface area contributed by atoms with Crippen LogP contribution in [0.4, 0.5) is 5.69 Å². The third-order valence-electron chi connectivity index (χ3n) is 2.37. The number of thiocarbonyl (C=S) groups is 1. The van der Waals surface area contributed by atoms with Crippen molar-refractivity contribution in [2.75, 3.05) is 5.32 Å². The Morgan fingerprint density at radius 1 is 1.56 bits per heavy atom. The number of nitrogens with zero attached hydrogens (tertiary/aromatic N) is 1. The van der Waals surface area contributed by atoms with Crippen LogP contribution in [0, 0.1) is 6.92 Å². The second kappa shape index (κ2) is 5.77. The zero-order valence-corrected chi connectivity index (χ0v) is 13.0. The second-order valence-electron chi connectivity index (χ2n) is 3.75. The molecule has 0 fully saturated rings. The Balaban J connectivity index is 2.16. The number of hydrogen-bond donors (Lipinski definition) is 2.